The van der Waals surface area contributed by atoms with Gasteiger partial charge in [-0.05, 0) is 23.6 Å². The van der Waals surface area contributed by atoms with Crippen LogP contribution in [0, 0.1) is 11.3 Å². The van der Waals surface area contributed by atoms with Crippen LogP contribution in [0.2, 0.25) is 0 Å². The van der Waals surface area contributed by atoms with Gasteiger partial charge in [-0.1, -0.05) is 6.07 Å². The molecule has 4 heteroatoms. The molecule has 1 amide bonds. The molecule has 0 saturated heterocycles. The molecular formula is C12H11N3O. The molecule has 0 spiro atoms. The fraction of sp³-hybridized carbons (Fsp3) is 0.167. The van der Waals surface area contributed by atoms with E-state index in [1.54, 1.807) is 0 Å². The van der Waals surface area contributed by atoms with E-state index < -0.39 is 0 Å². The van der Waals surface area contributed by atoms with Gasteiger partial charge in [0, 0.05) is 24.4 Å². The highest BCUT2D eigenvalue weighted by Gasteiger charge is 2.03. The molecule has 2 rings (SSSR count). The van der Waals surface area contributed by atoms with Gasteiger partial charge in [-0.15, -0.1) is 0 Å². The minimum absolute atomic E-state index is 0.120. The molecule has 0 fully saturated rings. The second-order valence-electron chi connectivity index (χ2n) is 3.58. The number of benzene rings is 1. The fourth-order valence-electron chi connectivity index (χ4n) is 1.62. The van der Waals surface area contributed by atoms with E-state index in [-0.39, 0.29) is 12.3 Å². The van der Waals surface area contributed by atoms with E-state index in [1.807, 2.05) is 48.1 Å². The average molecular weight is 213 g/mol. The van der Waals surface area contributed by atoms with Crippen LogP contribution < -0.4 is 5.32 Å². The molecule has 0 unspecified atom stereocenters. The van der Waals surface area contributed by atoms with E-state index in [9.17, 15) is 4.79 Å². The zero-order chi connectivity index (χ0) is 11.5. The molecule has 1 aromatic heterocycles. The lowest BCUT2D eigenvalue weighted by atomic mass is 10.2. The van der Waals surface area contributed by atoms with Gasteiger partial charge in [-0.2, -0.15) is 5.26 Å². The number of fused-ring (bicyclic) bond motifs is 1. The molecule has 16 heavy (non-hydrogen) atoms. The summed E-state index contributed by atoms with van der Waals surface area (Å²) < 4.78 is 1.98. The van der Waals surface area contributed by atoms with Gasteiger partial charge in [0.1, 0.15) is 6.42 Å². The van der Waals surface area contributed by atoms with Crippen LogP contribution in [0.1, 0.15) is 6.42 Å². The number of anilines is 1. The molecule has 0 atom stereocenters. The zero-order valence-electron chi connectivity index (χ0n) is 8.90. The number of carbonyl (C=O) groups excluding carboxylic acids is 1. The van der Waals surface area contributed by atoms with Crippen LogP contribution in [0.25, 0.3) is 10.9 Å². The molecule has 0 aliphatic heterocycles. The molecule has 0 radical (unpaired) electrons. The topological polar surface area (TPSA) is 57.8 Å². The molecular weight excluding hydrogens is 202 g/mol. The predicted molar refractivity (Wildman–Crippen MR) is 61.8 cm³/mol. The maximum Gasteiger partial charge on any atom is 0.238 e. The van der Waals surface area contributed by atoms with Gasteiger partial charge >= 0.3 is 0 Å². The second-order valence-corrected chi connectivity index (χ2v) is 3.58. The van der Waals surface area contributed by atoms with Crippen LogP contribution in [0.4, 0.5) is 5.69 Å². The lowest BCUT2D eigenvalue weighted by Gasteiger charge is -2.03. The maximum atomic E-state index is 11.2. The first-order valence-corrected chi connectivity index (χ1v) is 4.92. The van der Waals surface area contributed by atoms with Crippen LogP contribution in [0.5, 0.6) is 0 Å². The van der Waals surface area contributed by atoms with Crippen molar-refractivity contribution in [3.63, 3.8) is 0 Å². The van der Waals surface area contributed by atoms with Gasteiger partial charge in [-0.25, -0.2) is 0 Å². The smallest absolute Gasteiger partial charge is 0.238 e. The molecule has 0 saturated carbocycles. The highest BCUT2D eigenvalue weighted by atomic mass is 16.1. The van der Waals surface area contributed by atoms with Crippen LogP contribution in [-0.4, -0.2) is 10.5 Å². The van der Waals surface area contributed by atoms with E-state index in [0.29, 0.717) is 0 Å². The number of hydrogen-bond donors (Lipinski definition) is 1. The Morgan fingerprint density at radius 2 is 2.31 bits per heavy atom. The minimum atomic E-state index is -0.281. The third-order valence-corrected chi connectivity index (χ3v) is 2.41. The van der Waals surface area contributed by atoms with Gasteiger partial charge in [0.05, 0.1) is 6.07 Å². The quantitative estimate of drug-likeness (QED) is 0.829. The highest BCUT2D eigenvalue weighted by Crippen LogP contribution is 2.19. The molecule has 2 aromatic rings. The van der Waals surface area contributed by atoms with Gasteiger partial charge in [0.2, 0.25) is 5.91 Å². The van der Waals surface area contributed by atoms with Crippen molar-refractivity contribution >= 4 is 22.5 Å². The predicted octanol–water partition coefficient (Wildman–Crippen LogP) is 2.03. The van der Waals surface area contributed by atoms with Gasteiger partial charge in [0.15, 0.2) is 0 Å². The summed E-state index contributed by atoms with van der Waals surface area (Å²) in [6, 6.07) is 9.49. The molecule has 0 bridgehead atoms. The molecule has 0 aliphatic rings. The number of nitrogens with one attached hydrogen (secondary N) is 1. The Bertz CT molecular complexity index is 577. The van der Waals surface area contributed by atoms with Crippen molar-refractivity contribution in [2.75, 3.05) is 5.32 Å². The fourth-order valence-corrected chi connectivity index (χ4v) is 1.62. The minimum Gasteiger partial charge on any atom is -0.350 e. The molecule has 1 aromatic carbocycles. The molecule has 80 valence electrons. The normalized spacial score (nSPS) is 10.0. The van der Waals surface area contributed by atoms with E-state index >= 15 is 0 Å². The maximum absolute atomic E-state index is 11.2. The van der Waals surface area contributed by atoms with Gasteiger partial charge < -0.3 is 9.88 Å². The summed E-state index contributed by atoms with van der Waals surface area (Å²) in [4.78, 5) is 11.2. The van der Waals surface area contributed by atoms with Crippen molar-refractivity contribution in [3.05, 3.63) is 30.5 Å². The molecule has 1 heterocycles. The summed E-state index contributed by atoms with van der Waals surface area (Å²) in [5.74, 6) is -0.281. The van der Waals surface area contributed by atoms with Crippen LogP contribution >= 0.6 is 0 Å². The first-order valence-electron chi connectivity index (χ1n) is 4.92. The van der Waals surface area contributed by atoms with Crippen molar-refractivity contribution in [1.82, 2.24) is 4.57 Å². The van der Waals surface area contributed by atoms with Crippen LogP contribution in [-0.2, 0) is 11.8 Å². The Balaban J connectivity index is 2.29. The van der Waals surface area contributed by atoms with Crippen molar-refractivity contribution in [2.24, 2.45) is 7.05 Å². The third-order valence-electron chi connectivity index (χ3n) is 2.41. The van der Waals surface area contributed by atoms with Crippen molar-refractivity contribution in [2.45, 2.75) is 6.42 Å². The first-order chi connectivity index (χ1) is 7.70. The van der Waals surface area contributed by atoms with Crippen molar-refractivity contribution in [1.29, 1.82) is 5.26 Å². The standard InChI is InChI=1S/C12H11N3O/c1-15-7-5-9-2-3-10(8-11(9)15)14-12(16)4-6-13/h2-3,5,7-8H,4H2,1H3,(H,14,16). The zero-order valence-corrected chi connectivity index (χ0v) is 8.90. The summed E-state index contributed by atoms with van der Waals surface area (Å²) >= 11 is 0. The van der Waals surface area contributed by atoms with E-state index in [1.165, 1.54) is 0 Å². The first kappa shape index (κ1) is 10.2. The van der Waals surface area contributed by atoms with E-state index in [0.717, 1.165) is 16.6 Å². The number of amides is 1. The number of nitriles is 1. The number of hydrogen-bond acceptors (Lipinski definition) is 2. The largest absolute Gasteiger partial charge is 0.350 e. The van der Waals surface area contributed by atoms with Crippen molar-refractivity contribution in [3.8, 4) is 6.07 Å². The Hall–Kier alpha value is -2.28. The molecule has 0 aliphatic carbocycles. The van der Waals surface area contributed by atoms with Crippen LogP contribution in [0.15, 0.2) is 30.5 Å². The highest BCUT2D eigenvalue weighted by molar-refractivity contribution is 5.94. The number of aryl methyl sites for hydroxylation is 1. The Kier molecular flexibility index (Phi) is 2.61. The summed E-state index contributed by atoms with van der Waals surface area (Å²) in [5.41, 5.74) is 1.77. The summed E-state index contributed by atoms with van der Waals surface area (Å²) in [5, 5.41) is 12.2. The third kappa shape index (κ3) is 1.89. The number of nitrogens with zero attached hydrogens (tertiary/aromatic N) is 2. The lowest BCUT2D eigenvalue weighted by molar-refractivity contribution is -0.115. The van der Waals surface area contributed by atoms with Gasteiger partial charge in [-0.3, -0.25) is 4.79 Å². The number of aromatic nitrogens is 1. The van der Waals surface area contributed by atoms with E-state index in [4.69, 9.17) is 5.26 Å². The van der Waals surface area contributed by atoms with Gasteiger partial charge in [0.25, 0.3) is 0 Å². The Labute approximate surface area is 93.1 Å². The average Bonchev–Trinajstić information content (AvgIpc) is 2.61. The number of rotatable bonds is 2. The monoisotopic (exact) mass is 213 g/mol. The summed E-state index contributed by atoms with van der Waals surface area (Å²) in [6.07, 6.45) is 1.84. The Morgan fingerprint density at radius 3 is 3.06 bits per heavy atom. The molecule has 1 N–H and O–H groups in total. The van der Waals surface area contributed by atoms with Crippen molar-refractivity contribution < 1.29 is 4.79 Å². The van der Waals surface area contributed by atoms with Crippen LogP contribution in [0.3, 0.4) is 0 Å². The van der Waals surface area contributed by atoms with E-state index in [2.05, 4.69) is 5.32 Å². The second kappa shape index (κ2) is 4.07. The number of carbonyl (C=O) groups is 1. The molecule has 4 nitrogen and oxygen atoms in total. The lowest BCUT2D eigenvalue weighted by Crippen LogP contribution is -2.09. The summed E-state index contributed by atoms with van der Waals surface area (Å²) in [7, 11) is 1.95. The summed E-state index contributed by atoms with van der Waals surface area (Å²) in [6.45, 7) is 0. The Morgan fingerprint density at radius 1 is 1.50 bits per heavy atom. The SMILES string of the molecule is Cn1ccc2ccc(NC(=O)CC#N)cc21.